The first-order valence-electron chi connectivity index (χ1n) is 6.23. The van der Waals surface area contributed by atoms with Crippen LogP contribution >= 0.6 is 34.9 Å². The lowest BCUT2D eigenvalue weighted by Gasteiger charge is -2.10. The molecule has 0 N–H and O–H groups in total. The van der Waals surface area contributed by atoms with Crippen LogP contribution in [0.4, 0.5) is 0 Å². The lowest BCUT2D eigenvalue weighted by atomic mass is 10.2. The number of hydrogen-bond acceptors (Lipinski definition) is 4. The number of nitrogens with zero attached hydrogens (tertiary/aromatic N) is 4. The molecule has 0 aliphatic carbocycles. The Bertz CT molecular complexity index is 960. The van der Waals surface area contributed by atoms with Gasteiger partial charge in [-0.05, 0) is 24.3 Å². The molecule has 0 saturated carbocycles. The van der Waals surface area contributed by atoms with Gasteiger partial charge in [0.1, 0.15) is 16.9 Å². The molecule has 0 aliphatic heterocycles. The van der Waals surface area contributed by atoms with E-state index in [9.17, 15) is 0 Å². The number of hydrogen-bond donors (Lipinski definition) is 0. The molecular formula is C14H8Cl2N4S. The standard InChI is InChI=1S/C14H8Cl2N4S/c15-7-12-17-9-3-1-2-4-11(9)20(12)14-8(16)5-6-10-13(14)19-21-18-10/h1-6H,7H2. The number of fused-ring (bicyclic) bond motifs is 2. The molecule has 4 aromatic rings. The Kier molecular flexibility index (Phi) is 3.06. The minimum atomic E-state index is 0.291. The molecule has 4 nitrogen and oxygen atoms in total. The van der Waals surface area contributed by atoms with Crippen LogP contribution in [0.2, 0.25) is 5.02 Å². The molecule has 0 atom stereocenters. The van der Waals surface area contributed by atoms with Gasteiger partial charge in [-0.15, -0.1) is 11.6 Å². The predicted octanol–water partition coefficient (Wildman–Crippen LogP) is 4.42. The largest absolute Gasteiger partial charge is 0.291 e. The number of aromatic nitrogens is 4. The summed E-state index contributed by atoms with van der Waals surface area (Å²) in [7, 11) is 0. The summed E-state index contributed by atoms with van der Waals surface area (Å²) in [5.74, 6) is 1.03. The highest BCUT2D eigenvalue weighted by Gasteiger charge is 2.18. The Morgan fingerprint density at radius 2 is 1.90 bits per heavy atom. The van der Waals surface area contributed by atoms with Gasteiger partial charge < -0.3 is 0 Å². The van der Waals surface area contributed by atoms with Crippen LogP contribution in [0.3, 0.4) is 0 Å². The van der Waals surface area contributed by atoms with Crippen molar-refractivity contribution in [3.05, 3.63) is 47.2 Å². The highest BCUT2D eigenvalue weighted by Crippen LogP contribution is 2.32. The Morgan fingerprint density at radius 1 is 1.05 bits per heavy atom. The summed E-state index contributed by atoms with van der Waals surface area (Å²) >= 11 is 13.7. The van der Waals surface area contributed by atoms with Crippen molar-refractivity contribution in [1.82, 2.24) is 18.3 Å². The molecule has 0 spiro atoms. The predicted molar refractivity (Wildman–Crippen MR) is 86.6 cm³/mol. The minimum absolute atomic E-state index is 0.291. The number of imidazole rings is 1. The average Bonchev–Trinajstić information content (AvgIpc) is 3.11. The highest BCUT2D eigenvalue weighted by atomic mass is 35.5. The van der Waals surface area contributed by atoms with Gasteiger partial charge in [0.25, 0.3) is 0 Å². The molecule has 7 heteroatoms. The van der Waals surface area contributed by atoms with Crippen molar-refractivity contribution in [2.24, 2.45) is 0 Å². The van der Waals surface area contributed by atoms with E-state index in [1.54, 1.807) is 0 Å². The van der Waals surface area contributed by atoms with E-state index in [-0.39, 0.29) is 0 Å². The van der Waals surface area contributed by atoms with E-state index >= 15 is 0 Å². The Balaban J connectivity index is 2.18. The summed E-state index contributed by atoms with van der Waals surface area (Å²) in [6, 6.07) is 11.6. The zero-order valence-corrected chi connectivity index (χ0v) is 13.0. The van der Waals surface area contributed by atoms with E-state index in [0.717, 1.165) is 33.6 Å². The first kappa shape index (κ1) is 13.0. The summed E-state index contributed by atoms with van der Waals surface area (Å²) in [5.41, 5.74) is 4.20. The van der Waals surface area contributed by atoms with E-state index in [1.807, 2.05) is 41.0 Å². The topological polar surface area (TPSA) is 43.6 Å². The van der Waals surface area contributed by atoms with E-state index in [4.69, 9.17) is 23.2 Å². The molecule has 0 radical (unpaired) electrons. The van der Waals surface area contributed by atoms with E-state index in [2.05, 4.69) is 13.7 Å². The fourth-order valence-corrected chi connectivity index (χ4v) is 3.40. The SMILES string of the molecule is ClCc1nc2ccccc2n1-c1c(Cl)ccc2nsnc12. The van der Waals surface area contributed by atoms with E-state index in [0.29, 0.717) is 10.9 Å². The summed E-state index contributed by atoms with van der Waals surface area (Å²) in [4.78, 5) is 4.57. The van der Waals surface area contributed by atoms with Crippen LogP contribution in [0, 0.1) is 0 Å². The van der Waals surface area contributed by atoms with Gasteiger partial charge in [-0.25, -0.2) is 4.98 Å². The lowest BCUT2D eigenvalue weighted by molar-refractivity contribution is 0.987. The third-order valence-corrected chi connectivity index (χ3v) is 4.41. The molecule has 2 aromatic carbocycles. The van der Waals surface area contributed by atoms with Crippen LogP contribution in [0.25, 0.3) is 27.8 Å². The lowest BCUT2D eigenvalue weighted by Crippen LogP contribution is -2.01. The Morgan fingerprint density at radius 3 is 2.76 bits per heavy atom. The van der Waals surface area contributed by atoms with Crippen LogP contribution in [-0.4, -0.2) is 18.3 Å². The second-order valence-electron chi connectivity index (χ2n) is 4.51. The van der Waals surface area contributed by atoms with Gasteiger partial charge in [-0.1, -0.05) is 23.7 Å². The van der Waals surface area contributed by atoms with E-state index < -0.39 is 0 Å². The summed E-state index contributed by atoms with van der Waals surface area (Å²) < 4.78 is 10.6. The molecule has 0 unspecified atom stereocenters. The molecule has 4 rings (SSSR count). The fraction of sp³-hybridized carbons (Fsp3) is 0.0714. The maximum absolute atomic E-state index is 6.43. The van der Waals surface area contributed by atoms with Crippen molar-refractivity contribution < 1.29 is 0 Å². The number of halogens is 2. The fourth-order valence-electron chi connectivity index (χ4n) is 2.44. The van der Waals surface area contributed by atoms with Crippen LogP contribution < -0.4 is 0 Å². The molecule has 2 heterocycles. The van der Waals surface area contributed by atoms with Crippen molar-refractivity contribution in [2.45, 2.75) is 5.88 Å². The normalized spacial score (nSPS) is 11.5. The minimum Gasteiger partial charge on any atom is -0.291 e. The Hall–Kier alpha value is -1.69. The van der Waals surface area contributed by atoms with Gasteiger partial charge in [0, 0.05) is 0 Å². The van der Waals surface area contributed by atoms with Crippen LogP contribution in [-0.2, 0) is 5.88 Å². The third-order valence-electron chi connectivity index (χ3n) is 3.33. The molecule has 0 bridgehead atoms. The average molecular weight is 335 g/mol. The quantitative estimate of drug-likeness (QED) is 0.509. The number of rotatable bonds is 2. The van der Waals surface area contributed by atoms with Gasteiger partial charge in [0.05, 0.1) is 39.4 Å². The molecule has 2 aromatic heterocycles. The van der Waals surface area contributed by atoms with Gasteiger partial charge in [-0.3, -0.25) is 4.57 Å². The number of benzene rings is 2. The highest BCUT2D eigenvalue weighted by molar-refractivity contribution is 7.00. The van der Waals surface area contributed by atoms with Crippen molar-refractivity contribution in [3.8, 4) is 5.69 Å². The second kappa shape index (κ2) is 4.94. The van der Waals surface area contributed by atoms with Crippen molar-refractivity contribution in [2.75, 3.05) is 0 Å². The van der Waals surface area contributed by atoms with Crippen LogP contribution in [0.15, 0.2) is 36.4 Å². The molecule has 0 saturated heterocycles. The smallest absolute Gasteiger partial charge is 0.130 e. The zero-order valence-electron chi connectivity index (χ0n) is 10.6. The molecule has 0 amide bonds. The molecule has 0 fully saturated rings. The van der Waals surface area contributed by atoms with Crippen molar-refractivity contribution >= 4 is 57.0 Å². The Labute approximate surface area is 134 Å². The molecular weight excluding hydrogens is 327 g/mol. The summed E-state index contributed by atoms with van der Waals surface area (Å²) in [5, 5.41) is 0.602. The zero-order chi connectivity index (χ0) is 14.4. The number of para-hydroxylation sites is 2. The van der Waals surface area contributed by atoms with Gasteiger partial charge in [0.2, 0.25) is 0 Å². The van der Waals surface area contributed by atoms with Gasteiger partial charge in [-0.2, -0.15) is 8.75 Å². The van der Waals surface area contributed by atoms with Crippen LogP contribution in [0.5, 0.6) is 0 Å². The molecule has 0 aliphatic rings. The van der Waals surface area contributed by atoms with Crippen molar-refractivity contribution in [3.63, 3.8) is 0 Å². The second-order valence-corrected chi connectivity index (χ2v) is 5.72. The molecule has 104 valence electrons. The summed E-state index contributed by atoms with van der Waals surface area (Å²) in [6.07, 6.45) is 0. The first-order valence-corrected chi connectivity index (χ1v) is 7.87. The summed E-state index contributed by atoms with van der Waals surface area (Å²) in [6.45, 7) is 0. The van der Waals surface area contributed by atoms with E-state index in [1.165, 1.54) is 11.7 Å². The van der Waals surface area contributed by atoms with Crippen LogP contribution in [0.1, 0.15) is 5.82 Å². The number of alkyl halides is 1. The molecule has 21 heavy (non-hydrogen) atoms. The third kappa shape index (κ3) is 1.92. The maximum atomic E-state index is 6.43. The first-order chi connectivity index (χ1) is 10.3. The maximum Gasteiger partial charge on any atom is 0.130 e. The monoisotopic (exact) mass is 334 g/mol. The van der Waals surface area contributed by atoms with Gasteiger partial charge in [0.15, 0.2) is 0 Å². The van der Waals surface area contributed by atoms with Gasteiger partial charge >= 0.3 is 0 Å². The van der Waals surface area contributed by atoms with Crippen molar-refractivity contribution in [1.29, 1.82) is 0 Å².